The standard InChI is InChI=1S/C17H15FN2/c1-12-6-9-17(15(18)10-12)19-11-14-8-7-13-4-2-3-5-16(13)20-14/h2-10,19H,11H2,1H3. The number of rotatable bonds is 3. The zero-order chi connectivity index (χ0) is 13.9. The molecular formula is C17H15FN2. The number of aryl methyl sites for hydroxylation is 1. The summed E-state index contributed by atoms with van der Waals surface area (Å²) in [6, 6.07) is 17.1. The Labute approximate surface area is 117 Å². The van der Waals surface area contributed by atoms with Crippen LogP contribution in [-0.4, -0.2) is 4.98 Å². The molecule has 1 heterocycles. The minimum Gasteiger partial charge on any atom is -0.377 e. The van der Waals surface area contributed by atoms with Gasteiger partial charge < -0.3 is 5.32 Å². The Balaban J connectivity index is 1.79. The van der Waals surface area contributed by atoms with Gasteiger partial charge in [0.15, 0.2) is 0 Å². The van der Waals surface area contributed by atoms with Crippen molar-refractivity contribution in [1.29, 1.82) is 0 Å². The molecule has 0 radical (unpaired) electrons. The van der Waals surface area contributed by atoms with Crippen LogP contribution in [0.4, 0.5) is 10.1 Å². The van der Waals surface area contributed by atoms with Gasteiger partial charge in [-0.1, -0.05) is 30.3 Å². The molecule has 1 aromatic heterocycles. The van der Waals surface area contributed by atoms with Crippen LogP contribution in [0.15, 0.2) is 54.6 Å². The number of nitrogens with one attached hydrogen (secondary N) is 1. The van der Waals surface area contributed by atoms with Gasteiger partial charge in [0.05, 0.1) is 23.4 Å². The number of pyridine rings is 1. The first-order chi connectivity index (χ1) is 9.72. The third-order valence-corrected chi connectivity index (χ3v) is 3.24. The van der Waals surface area contributed by atoms with Crippen molar-refractivity contribution in [2.45, 2.75) is 13.5 Å². The van der Waals surface area contributed by atoms with Crippen LogP contribution < -0.4 is 5.32 Å². The van der Waals surface area contributed by atoms with Crippen LogP contribution in [0.5, 0.6) is 0 Å². The Morgan fingerprint density at radius 3 is 2.75 bits per heavy atom. The number of hydrogen-bond donors (Lipinski definition) is 1. The molecule has 0 fully saturated rings. The third kappa shape index (κ3) is 2.62. The SMILES string of the molecule is Cc1ccc(NCc2ccc3ccccc3n2)c(F)c1. The number of anilines is 1. The molecule has 3 heteroatoms. The van der Waals surface area contributed by atoms with E-state index in [1.807, 2.05) is 49.4 Å². The Hall–Kier alpha value is -2.42. The Morgan fingerprint density at radius 1 is 1.05 bits per heavy atom. The van der Waals surface area contributed by atoms with Gasteiger partial charge in [0.2, 0.25) is 0 Å². The first kappa shape index (κ1) is 12.6. The molecule has 0 spiro atoms. The number of nitrogens with zero attached hydrogens (tertiary/aromatic N) is 1. The number of benzene rings is 2. The molecule has 0 saturated heterocycles. The summed E-state index contributed by atoms with van der Waals surface area (Å²) >= 11 is 0. The molecule has 2 aromatic carbocycles. The molecule has 0 unspecified atom stereocenters. The van der Waals surface area contributed by atoms with E-state index in [0.717, 1.165) is 22.2 Å². The van der Waals surface area contributed by atoms with Crippen molar-refractivity contribution in [3.05, 3.63) is 71.7 Å². The highest BCUT2D eigenvalue weighted by Gasteiger charge is 2.03. The minimum absolute atomic E-state index is 0.231. The van der Waals surface area contributed by atoms with E-state index in [0.29, 0.717) is 12.2 Å². The second kappa shape index (κ2) is 5.29. The molecule has 1 N–H and O–H groups in total. The lowest BCUT2D eigenvalue weighted by Gasteiger charge is -2.08. The van der Waals surface area contributed by atoms with E-state index in [-0.39, 0.29) is 5.82 Å². The van der Waals surface area contributed by atoms with E-state index in [1.54, 1.807) is 6.07 Å². The summed E-state index contributed by atoms with van der Waals surface area (Å²) < 4.78 is 13.7. The first-order valence-corrected chi connectivity index (χ1v) is 6.57. The molecule has 0 saturated carbocycles. The lowest BCUT2D eigenvalue weighted by Crippen LogP contribution is -2.03. The van der Waals surface area contributed by atoms with Crippen molar-refractivity contribution in [3.63, 3.8) is 0 Å². The van der Waals surface area contributed by atoms with E-state index >= 15 is 0 Å². The lowest BCUT2D eigenvalue weighted by molar-refractivity contribution is 0.629. The zero-order valence-corrected chi connectivity index (χ0v) is 11.2. The summed E-state index contributed by atoms with van der Waals surface area (Å²) in [6.07, 6.45) is 0. The van der Waals surface area contributed by atoms with Crippen molar-refractivity contribution < 1.29 is 4.39 Å². The van der Waals surface area contributed by atoms with Crippen LogP contribution in [-0.2, 0) is 6.54 Å². The van der Waals surface area contributed by atoms with E-state index in [9.17, 15) is 4.39 Å². The largest absolute Gasteiger partial charge is 0.377 e. The van der Waals surface area contributed by atoms with Crippen molar-refractivity contribution in [3.8, 4) is 0 Å². The highest BCUT2D eigenvalue weighted by Crippen LogP contribution is 2.17. The van der Waals surface area contributed by atoms with E-state index in [2.05, 4.69) is 10.3 Å². The van der Waals surface area contributed by atoms with Crippen molar-refractivity contribution in [2.24, 2.45) is 0 Å². The molecular weight excluding hydrogens is 251 g/mol. The van der Waals surface area contributed by atoms with Gasteiger partial charge >= 0.3 is 0 Å². The van der Waals surface area contributed by atoms with Gasteiger partial charge in [-0.05, 0) is 36.8 Å². The summed E-state index contributed by atoms with van der Waals surface area (Å²) in [5, 5.41) is 4.19. The van der Waals surface area contributed by atoms with Crippen LogP contribution >= 0.6 is 0 Å². The van der Waals surface area contributed by atoms with Gasteiger partial charge in [-0.15, -0.1) is 0 Å². The zero-order valence-electron chi connectivity index (χ0n) is 11.2. The van der Waals surface area contributed by atoms with Gasteiger partial charge in [-0.25, -0.2) is 4.39 Å². The molecule has 20 heavy (non-hydrogen) atoms. The van der Waals surface area contributed by atoms with Crippen LogP contribution in [0.25, 0.3) is 10.9 Å². The van der Waals surface area contributed by atoms with Gasteiger partial charge in [-0.3, -0.25) is 4.98 Å². The summed E-state index contributed by atoms with van der Waals surface area (Å²) in [4.78, 5) is 4.55. The van der Waals surface area contributed by atoms with E-state index < -0.39 is 0 Å². The summed E-state index contributed by atoms with van der Waals surface area (Å²) in [6.45, 7) is 2.38. The second-order valence-corrected chi connectivity index (χ2v) is 4.83. The molecule has 0 aliphatic rings. The van der Waals surface area contributed by atoms with Crippen molar-refractivity contribution in [2.75, 3.05) is 5.32 Å². The average molecular weight is 266 g/mol. The van der Waals surface area contributed by atoms with Crippen LogP contribution in [0, 0.1) is 12.7 Å². The Bertz CT molecular complexity index is 753. The van der Waals surface area contributed by atoms with Gasteiger partial charge in [0.1, 0.15) is 5.82 Å². The van der Waals surface area contributed by atoms with Crippen molar-refractivity contribution >= 4 is 16.6 Å². The predicted molar refractivity (Wildman–Crippen MR) is 80.2 cm³/mol. The second-order valence-electron chi connectivity index (χ2n) is 4.83. The summed E-state index contributed by atoms with van der Waals surface area (Å²) in [5.41, 5.74) is 3.27. The van der Waals surface area contributed by atoms with Gasteiger partial charge in [0, 0.05) is 5.39 Å². The maximum Gasteiger partial charge on any atom is 0.146 e. The van der Waals surface area contributed by atoms with E-state index in [1.165, 1.54) is 6.07 Å². The molecule has 0 aliphatic heterocycles. The van der Waals surface area contributed by atoms with Gasteiger partial charge in [0.25, 0.3) is 0 Å². The monoisotopic (exact) mass is 266 g/mol. The molecule has 0 amide bonds. The third-order valence-electron chi connectivity index (χ3n) is 3.24. The Kier molecular flexibility index (Phi) is 3.33. The van der Waals surface area contributed by atoms with Crippen LogP contribution in [0.2, 0.25) is 0 Å². The van der Waals surface area contributed by atoms with E-state index in [4.69, 9.17) is 0 Å². The molecule has 0 aliphatic carbocycles. The highest BCUT2D eigenvalue weighted by molar-refractivity contribution is 5.78. The number of para-hydroxylation sites is 1. The minimum atomic E-state index is -0.231. The van der Waals surface area contributed by atoms with Crippen LogP contribution in [0.3, 0.4) is 0 Å². The normalized spacial score (nSPS) is 10.7. The summed E-state index contributed by atoms with van der Waals surface area (Å²) in [7, 11) is 0. The molecule has 3 aromatic rings. The quantitative estimate of drug-likeness (QED) is 0.764. The fraction of sp³-hybridized carbons (Fsp3) is 0.118. The predicted octanol–water partition coefficient (Wildman–Crippen LogP) is 4.29. The Morgan fingerprint density at radius 2 is 1.90 bits per heavy atom. The molecule has 2 nitrogen and oxygen atoms in total. The average Bonchev–Trinajstić information content (AvgIpc) is 2.46. The molecule has 3 rings (SSSR count). The van der Waals surface area contributed by atoms with Gasteiger partial charge in [-0.2, -0.15) is 0 Å². The maximum absolute atomic E-state index is 13.7. The number of fused-ring (bicyclic) bond motifs is 1. The number of halogens is 1. The lowest BCUT2D eigenvalue weighted by atomic mass is 10.2. The molecule has 100 valence electrons. The maximum atomic E-state index is 13.7. The first-order valence-electron chi connectivity index (χ1n) is 6.57. The fourth-order valence-corrected chi connectivity index (χ4v) is 2.16. The molecule has 0 bridgehead atoms. The summed E-state index contributed by atoms with van der Waals surface area (Å²) in [5.74, 6) is -0.231. The number of aromatic nitrogens is 1. The smallest absolute Gasteiger partial charge is 0.146 e. The van der Waals surface area contributed by atoms with Crippen LogP contribution in [0.1, 0.15) is 11.3 Å². The fourth-order valence-electron chi connectivity index (χ4n) is 2.16. The number of hydrogen-bond acceptors (Lipinski definition) is 2. The topological polar surface area (TPSA) is 24.9 Å². The molecule has 0 atom stereocenters. The highest BCUT2D eigenvalue weighted by atomic mass is 19.1. The van der Waals surface area contributed by atoms with Crippen molar-refractivity contribution in [1.82, 2.24) is 4.98 Å².